The number of hydrogen-bond donors (Lipinski definition) is 0. The third-order valence-corrected chi connectivity index (χ3v) is 7.95. The van der Waals surface area contributed by atoms with E-state index >= 15 is 0 Å². The van der Waals surface area contributed by atoms with Gasteiger partial charge in [0.05, 0.1) is 6.61 Å². The Balaban J connectivity index is 1.26. The topological polar surface area (TPSA) is 21.6 Å². The molecule has 32 heavy (non-hydrogen) atoms. The SMILES string of the molecule is CCCCCC1CCC(c2ccc(C3=CCC(C4CN=C(CCC)OC4)C=C3)cc2)CC1. The summed E-state index contributed by atoms with van der Waals surface area (Å²) in [5.41, 5.74) is 4.29. The zero-order chi connectivity index (χ0) is 22.2. The Hall–Kier alpha value is -1.83. The van der Waals surface area contributed by atoms with Crippen molar-refractivity contribution in [2.45, 2.75) is 90.4 Å². The van der Waals surface area contributed by atoms with Gasteiger partial charge in [-0.05, 0) is 73.0 Å². The predicted molar refractivity (Wildman–Crippen MR) is 137 cm³/mol. The maximum atomic E-state index is 5.89. The van der Waals surface area contributed by atoms with Gasteiger partial charge >= 0.3 is 0 Å². The lowest BCUT2D eigenvalue weighted by Gasteiger charge is -2.29. The quantitative estimate of drug-likeness (QED) is 0.359. The van der Waals surface area contributed by atoms with Gasteiger partial charge in [-0.3, -0.25) is 4.99 Å². The first kappa shape index (κ1) is 23.3. The summed E-state index contributed by atoms with van der Waals surface area (Å²) in [5.74, 6) is 3.80. The van der Waals surface area contributed by atoms with E-state index < -0.39 is 0 Å². The molecular weight excluding hydrogens is 390 g/mol. The highest BCUT2D eigenvalue weighted by Crippen LogP contribution is 2.38. The average Bonchev–Trinajstić information content (AvgIpc) is 2.86. The van der Waals surface area contributed by atoms with Crippen LogP contribution in [0, 0.1) is 17.8 Å². The summed E-state index contributed by atoms with van der Waals surface area (Å²) in [6, 6.07) is 9.50. The molecule has 1 aromatic rings. The molecule has 174 valence electrons. The van der Waals surface area contributed by atoms with Crippen LogP contribution in [0.5, 0.6) is 0 Å². The molecule has 2 nitrogen and oxygen atoms in total. The van der Waals surface area contributed by atoms with Gasteiger partial charge in [-0.1, -0.05) is 82.0 Å². The molecule has 1 fully saturated rings. The molecule has 1 aromatic carbocycles. The highest BCUT2D eigenvalue weighted by Gasteiger charge is 2.25. The molecule has 2 aliphatic carbocycles. The molecule has 0 saturated heterocycles. The van der Waals surface area contributed by atoms with Crippen LogP contribution in [-0.2, 0) is 4.74 Å². The number of allylic oxidation sites excluding steroid dienone is 4. The molecule has 1 saturated carbocycles. The number of ether oxygens (including phenoxy) is 1. The maximum Gasteiger partial charge on any atom is 0.183 e. The summed E-state index contributed by atoms with van der Waals surface area (Å²) in [4.78, 5) is 4.67. The van der Waals surface area contributed by atoms with E-state index in [4.69, 9.17) is 4.74 Å². The fourth-order valence-corrected chi connectivity index (χ4v) is 5.76. The molecule has 0 aromatic heterocycles. The van der Waals surface area contributed by atoms with Crippen molar-refractivity contribution in [3.8, 4) is 0 Å². The highest BCUT2D eigenvalue weighted by atomic mass is 16.5. The Morgan fingerprint density at radius 3 is 2.41 bits per heavy atom. The Morgan fingerprint density at radius 2 is 1.78 bits per heavy atom. The fourth-order valence-electron chi connectivity index (χ4n) is 5.76. The lowest BCUT2D eigenvalue weighted by molar-refractivity contribution is 0.183. The van der Waals surface area contributed by atoms with E-state index in [1.165, 1.54) is 62.5 Å². The van der Waals surface area contributed by atoms with Gasteiger partial charge in [0.2, 0.25) is 0 Å². The zero-order valence-corrected chi connectivity index (χ0v) is 20.4. The van der Waals surface area contributed by atoms with Gasteiger partial charge in [-0.25, -0.2) is 0 Å². The molecule has 2 unspecified atom stereocenters. The number of benzene rings is 1. The Bertz CT molecular complexity index is 795. The van der Waals surface area contributed by atoms with Gasteiger partial charge in [0, 0.05) is 18.9 Å². The molecule has 3 aliphatic rings. The van der Waals surface area contributed by atoms with Crippen LogP contribution in [0.15, 0.2) is 47.5 Å². The second kappa shape index (κ2) is 11.9. The maximum absolute atomic E-state index is 5.89. The molecule has 2 heteroatoms. The Labute approximate surface area is 196 Å². The van der Waals surface area contributed by atoms with Gasteiger partial charge < -0.3 is 4.74 Å². The molecule has 2 atom stereocenters. The number of aliphatic imine (C=N–C) groups is 1. The van der Waals surface area contributed by atoms with Crippen molar-refractivity contribution in [1.82, 2.24) is 0 Å². The third-order valence-electron chi connectivity index (χ3n) is 7.95. The van der Waals surface area contributed by atoms with Crippen molar-refractivity contribution in [3.05, 3.63) is 53.6 Å². The highest BCUT2D eigenvalue weighted by molar-refractivity contribution is 5.77. The molecule has 1 heterocycles. The van der Waals surface area contributed by atoms with Crippen LogP contribution in [-0.4, -0.2) is 19.0 Å². The summed E-state index contributed by atoms with van der Waals surface area (Å²) >= 11 is 0. The number of nitrogens with zero attached hydrogens (tertiary/aromatic N) is 1. The second-order valence-electron chi connectivity index (χ2n) is 10.3. The van der Waals surface area contributed by atoms with Crippen molar-refractivity contribution in [3.63, 3.8) is 0 Å². The summed E-state index contributed by atoms with van der Waals surface area (Å²) in [5, 5.41) is 0. The minimum absolute atomic E-state index is 0.518. The van der Waals surface area contributed by atoms with Crippen LogP contribution in [0.3, 0.4) is 0 Å². The first-order valence-corrected chi connectivity index (χ1v) is 13.4. The summed E-state index contributed by atoms with van der Waals surface area (Å²) in [6.07, 6.45) is 21.6. The summed E-state index contributed by atoms with van der Waals surface area (Å²) in [6.45, 7) is 6.23. The van der Waals surface area contributed by atoms with Crippen molar-refractivity contribution < 1.29 is 4.74 Å². The van der Waals surface area contributed by atoms with E-state index in [0.717, 1.165) is 50.1 Å². The van der Waals surface area contributed by atoms with Gasteiger partial charge in [0.1, 0.15) is 0 Å². The average molecular weight is 434 g/mol. The van der Waals surface area contributed by atoms with Crippen LogP contribution in [0.25, 0.3) is 5.57 Å². The Kier molecular flexibility index (Phi) is 8.65. The normalized spacial score (nSPS) is 28.1. The minimum atomic E-state index is 0.518. The van der Waals surface area contributed by atoms with Crippen LogP contribution in [0.2, 0.25) is 0 Å². The molecular formula is C30H43NO. The molecule has 0 spiro atoms. The molecule has 0 radical (unpaired) electrons. The van der Waals surface area contributed by atoms with Crippen molar-refractivity contribution in [2.24, 2.45) is 22.7 Å². The molecule has 0 amide bonds. The number of unbranched alkanes of at least 4 members (excludes halogenated alkanes) is 2. The molecule has 4 rings (SSSR count). The van der Waals surface area contributed by atoms with Crippen molar-refractivity contribution >= 4 is 11.5 Å². The monoisotopic (exact) mass is 433 g/mol. The summed E-state index contributed by atoms with van der Waals surface area (Å²) in [7, 11) is 0. The van der Waals surface area contributed by atoms with Gasteiger partial charge in [-0.2, -0.15) is 0 Å². The van der Waals surface area contributed by atoms with Crippen LogP contribution in [0.1, 0.15) is 102 Å². The molecule has 1 aliphatic heterocycles. The van der Waals surface area contributed by atoms with E-state index in [-0.39, 0.29) is 0 Å². The van der Waals surface area contributed by atoms with Gasteiger partial charge in [-0.15, -0.1) is 0 Å². The van der Waals surface area contributed by atoms with E-state index in [1.807, 2.05) is 0 Å². The zero-order valence-electron chi connectivity index (χ0n) is 20.4. The van der Waals surface area contributed by atoms with Crippen LogP contribution >= 0.6 is 0 Å². The largest absolute Gasteiger partial charge is 0.481 e. The molecule has 0 N–H and O–H groups in total. The predicted octanol–water partition coefficient (Wildman–Crippen LogP) is 8.35. The fraction of sp³-hybridized carbons (Fsp3) is 0.633. The smallest absolute Gasteiger partial charge is 0.183 e. The lowest BCUT2D eigenvalue weighted by Crippen LogP contribution is -2.29. The van der Waals surface area contributed by atoms with Crippen LogP contribution < -0.4 is 0 Å². The number of hydrogen-bond acceptors (Lipinski definition) is 2. The first-order valence-electron chi connectivity index (χ1n) is 13.4. The third kappa shape index (κ3) is 6.15. The minimum Gasteiger partial charge on any atom is -0.481 e. The molecule has 0 bridgehead atoms. The first-order chi connectivity index (χ1) is 15.8. The van der Waals surface area contributed by atoms with Crippen LogP contribution in [0.4, 0.5) is 0 Å². The lowest BCUT2D eigenvalue weighted by atomic mass is 9.77. The Morgan fingerprint density at radius 1 is 0.969 bits per heavy atom. The van der Waals surface area contributed by atoms with E-state index in [9.17, 15) is 0 Å². The van der Waals surface area contributed by atoms with Crippen molar-refractivity contribution in [2.75, 3.05) is 13.2 Å². The van der Waals surface area contributed by atoms with E-state index in [1.54, 1.807) is 5.56 Å². The van der Waals surface area contributed by atoms with Gasteiger partial charge in [0.15, 0.2) is 5.90 Å². The van der Waals surface area contributed by atoms with Crippen molar-refractivity contribution in [1.29, 1.82) is 0 Å². The summed E-state index contributed by atoms with van der Waals surface area (Å²) < 4.78 is 5.89. The second-order valence-corrected chi connectivity index (χ2v) is 10.3. The van der Waals surface area contributed by atoms with E-state index in [0.29, 0.717) is 11.8 Å². The van der Waals surface area contributed by atoms with Gasteiger partial charge in [0.25, 0.3) is 0 Å². The standard InChI is InChI=1S/C30H43NO/c1-3-5-6-8-23-9-11-24(12-10-23)25-13-15-26(16-14-25)27-17-19-28(20-18-27)29-21-31-30(7-4-2)32-22-29/h13-19,23-24,28-29H,3-12,20-22H2,1-2H3. The van der Waals surface area contributed by atoms with E-state index in [2.05, 4.69) is 61.3 Å². The number of rotatable bonds is 9.